The van der Waals surface area contributed by atoms with Crippen molar-refractivity contribution >= 4 is 0 Å². The molecule has 0 amide bonds. The molecule has 1 heterocycles. The average molecular weight is 326 g/mol. The predicted molar refractivity (Wildman–Crippen MR) is 79.1 cm³/mol. The summed E-state index contributed by atoms with van der Waals surface area (Å²) in [6, 6.07) is 5.09. The molecular formula is C16H17F3N2O2. The van der Waals surface area contributed by atoms with E-state index in [2.05, 4.69) is 4.98 Å². The number of aliphatic hydroxyl groups excluding tert-OH is 1. The van der Waals surface area contributed by atoms with E-state index in [0.717, 1.165) is 6.07 Å². The molecule has 1 atom stereocenters. The van der Waals surface area contributed by atoms with Crippen molar-refractivity contribution in [1.29, 1.82) is 0 Å². The van der Waals surface area contributed by atoms with Crippen molar-refractivity contribution in [2.75, 3.05) is 0 Å². The van der Waals surface area contributed by atoms with Gasteiger partial charge in [0.05, 0.1) is 24.5 Å². The van der Waals surface area contributed by atoms with Crippen LogP contribution in [0.1, 0.15) is 22.4 Å². The second kappa shape index (κ2) is 6.54. The van der Waals surface area contributed by atoms with Crippen LogP contribution in [0.4, 0.5) is 13.2 Å². The summed E-state index contributed by atoms with van der Waals surface area (Å²) in [6.07, 6.45) is -4.51. The molecule has 0 unspecified atom stereocenters. The Hall–Kier alpha value is -2.15. The molecule has 4 nitrogen and oxygen atoms in total. The van der Waals surface area contributed by atoms with Gasteiger partial charge in [0.2, 0.25) is 0 Å². The summed E-state index contributed by atoms with van der Waals surface area (Å²) in [4.78, 5) is 16.1. The van der Waals surface area contributed by atoms with Gasteiger partial charge in [-0.1, -0.05) is 18.2 Å². The second-order valence-corrected chi connectivity index (χ2v) is 5.43. The Morgan fingerprint density at radius 1 is 1.26 bits per heavy atom. The molecule has 2 rings (SSSR count). The number of benzene rings is 1. The molecule has 0 saturated heterocycles. The summed E-state index contributed by atoms with van der Waals surface area (Å²) < 4.78 is 40.0. The smallest absolute Gasteiger partial charge is 0.391 e. The molecule has 0 bridgehead atoms. The van der Waals surface area contributed by atoms with Crippen LogP contribution >= 0.6 is 0 Å². The van der Waals surface area contributed by atoms with Crippen LogP contribution in [0.25, 0.3) is 0 Å². The lowest BCUT2D eigenvalue weighted by molar-refractivity contribution is -0.138. The lowest BCUT2D eigenvalue weighted by Gasteiger charge is -2.17. The van der Waals surface area contributed by atoms with Crippen molar-refractivity contribution in [2.24, 2.45) is 0 Å². The molecule has 0 spiro atoms. The number of hydrogen-bond donors (Lipinski definition) is 1. The van der Waals surface area contributed by atoms with Gasteiger partial charge in [-0.25, -0.2) is 4.98 Å². The van der Waals surface area contributed by atoms with Gasteiger partial charge in [0, 0.05) is 17.7 Å². The number of aromatic nitrogens is 2. The Morgan fingerprint density at radius 3 is 2.57 bits per heavy atom. The molecule has 0 aliphatic rings. The third-order valence-corrected chi connectivity index (χ3v) is 3.70. The average Bonchev–Trinajstić information content (AvgIpc) is 2.47. The normalized spacial score (nSPS) is 13.1. The van der Waals surface area contributed by atoms with Crippen LogP contribution < -0.4 is 5.56 Å². The highest BCUT2D eigenvalue weighted by molar-refractivity contribution is 5.30. The van der Waals surface area contributed by atoms with Crippen molar-refractivity contribution in [1.82, 2.24) is 9.55 Å². The second-order valence-electron chi connectivity index (χ2n) is 5.43. The quantitative estimate of drug-likeness (QED) is 0.939. The van der Waals surface area contributed by atoms with Gasteiger partial charge in [-0.15, -0.1) is 0 Å². The van der Waals surface area contributed by atoms with E-state index in [9.17, 15) is 23.1 Å². The molecule has 1 N–H and O–H groups in total. The summed E-state index contributed by atoms with van der Waals surface area (Å²) >= 11 is 0. The molecular weight excluding hydrogens is 309 g/mol. The van der Waals surface area contributed by atoms with Crippen molar-refractivity contribution in [2.45, 2.75) is 39.1 Å². The van der Waals surface area contributed by atoms with Gasteiger partial charge in [0.25, 0.3) is 5.56 Å². The number of alkyl halides is 3. The van der Waals surface area contributed by atoms with Crippen molar-refractivity contribution in [3.05, 3.63) is 63.3 Å². The fraction of sp³-hybridized carbons (Fsp3) is 0.375. The number of halogens is 3. The largest absolute Gasteiger partial charge is 0.416 e. The zero-order chi connectivity index (χ0) is 17.2. The number of rotatable bonds is 4. The first kappa shape index (κ1) is 17.2. The Balaban J connectivity index is 2.20. The summed E-state index contributed by atoms with van der Waals surface area (Å²) in [5.74, 6) is 0. The van der Waals surface area contributed by atoms with Gasteiger partial charge >= 0.3 is 6.18 Å². The summed E-state index contributed by atoms with van der Waals surface area (Å²) in [7, 11) is 0. The predicted octanol–water partition coefficient (Wildman–Crippen LogP) is 2.48. The minimum Gasteiger partial charge on any atom is -0.391 e. The molecule has 0 aliphatic carbocycles. The molecule has 0 aliphatic heterocycles. The van der Waals surface area contributed by atoms with Crippen LogP contribution in [-0.2, 0) is 19.1 Å². The van der Waals surface area contributed by atoms with Gasteiger partial charge in [-0.05, 0) is 25.5 Å². The fourth-order valence-electron chi connectivity index (χ4n) is 2.33. The zero-order valence-corrected chi connectivity index (χ0v) is 12.8. The topological polar surface area (TPSA) is 55.1 Å². The van der Waals surface area contributed by atoms with E-state index in [1.165, 1.54) is 29.1 Å². The first-order valence-corrected chi connectivity index (χ1v) is 7.06. The van der Waals surface area contributed by atoms with E-state index in [0.29, 0.717) is 11.3 Å². The lowest BCUT2D eigenvalue weighted by atomic mass is 10.0. The van der Waals surface area contributed by atoms with Gasteiger partial charge < -0.3 is 5.11 Å². The maximum atomic E-state index is 12.9. The highest BCUT2D eigenvalue weighted by Gasteiger charge is 2.33. The molecule has 1 aromatic heterocycles. The highest BCUT2D eigenvalue weighted by atomic mass is 19.4. The SMILES string of the molecule is Cc1ncn(C[C@H](O)Cc2ccccc2C(F)(F)F)c(=O)c1C. The maximum absolute atomic E-state index is 12.9. The van der Waals surface area contributed by atoms with Crippen LogP contribution in [-0.4, -0.2) is 20.8 Å². The first-order valence-electron chi connectivity index (χ1n) is 7.06. The van der Waals surface area contributed by atoms with E-state index in [1.807, 2.05) is 0 Å². The maximum Gasteiger partial charge on any atom is 0.416 e. The van der Waals surface area contributed by atoms with Crippen LogP contribution in [0, 0.1) is 13.8 Å². The third-order valence-electron chi connectivity index (χ3n) is 3.70. The van der Waals surface area contributed by atoms with Crippen LogP contribution in [0.5, 0.6) is 0 Å². The fourth-order valence-corrected chi connectivity index (χ4v) is 2.33. The summed E-state index contributed by atoms with van der Waals surface area (Å²) in [5.41, 5.74) is -0.0406. The molecule has 23 heavy (non-hydrogen) atoms. The lowest BCUT2D eigenvalue weighted by Crippen LogP contribution is -2.30. The Kier molecular flexibility index (Phi) is 4.89. The molecule has 0 saturated carbocycles. The monoisotopic (exact) mass is 326 g/mol. The molecule has 0 radical (unpaired) electrons. The van der Waals surface area contributed by atoms with E-state index in [1.54, 1.807) is 13.8 Å². The molecule has 7 heteroatoms. The van der Waals surface area contributed by atoms with Crippen molar-refractivity contribution < 1.29 is 18.3 Å². The van der Waals surface area contributed by atoms with Crippen molar-refractivity contribution in [3.8, 4) is 0 Å². The number of aliphatic hydroxyl groups is 1. The van der Waals surface area contributed by atoms with Gasteiger partial charge in [-0.2, -0.15) is 13.2 Å². The number of nitrogens with zero attached hydrogens (tertiary/aromatic N) is 2. The Labute approximate surface area is 131 Å². The molecule has 2 aromatic rings. The van der Waals surface area contributed by atoms with Crippen molar-refractivity contribution in [3.63, 3.8) is 0 Å². The van der Waals surface area contributed by atoms with Crippen LogP contribution in [0.3, 0.4) is 0 Å². The minimum absolute atomic E-state index is 0.00246. The number of hydrogen-bond acceptors (Lipinski definition) is 3. The van der Waals surface area contributed by atoms with Crippen LogP contribution in [0.15, 0.2) is 35.4 Å². The van der Waals surface area contributed by atoms with E-state index in [-0.39, 0.29) is 24.1 Å². The molecule has 0 fully saturated rings. The van der Waals surface area contributed by atoms with E-state index >= 15 is 0 Å². The third kappa shape index (κ3) is 3.98. The molecule has 1 aromatic carbocycles. The Morgan fingerprint density at radius 2 is 1.91 bits per heavy atom. The zero-order valence-electron chi connectivity index (χ0n) is 12.8. The van der Waals surface area contributed by atoms with Crippen LogP contribution in [0.2, 0.25) is 0 Å². The molecule has 124 valence electrons. The number of aryl methyl sites for hydroxylation is 1. The summed E-state index contributed by atoms with van der Waals surface area (Å²) in [6.45, 7) is 3.20. The minimum atomic E-state index is -4.48. The summed E-state index contributed by atoms with van der Waals surface area (Å²) in [5, 5.41) is 10.1. The Bertz CT molecular complexity index is 754. The van der Waals surface area contributed by atoms with Gasteiger partial charge in [0.1, 0.15) is 0 Å². The first-order chi connectivity index (χ1) is 10.7. The van der Waals surface area contributed by atoms with Gasteiger partial charge in [0.15, 0.2) is 0 Å². The van der Waals surface area contributed by atoms with Gasteiger partial charge in [-0.3, -0.25) is 9.36 Å². The standard InChI is InChI=1S/C16H17F3N2O2/c1-10-11(2)20-9-21(15(10)23)8-13(22)7-12-5-3-4-6-14(12)16(17,18)19/h3-6,9,13,22H,7-8H2,1-2H3/t13-/m1/s1. The van der Waals surface area contributed by atoms with E-state index < -0.39 is 17.8 Å². The highest BCUT2D eigenvalue weighted by Crippen LogP contribution is 2.32. The van der Waals surface area contributed by atoms with E-state index in [4.69, 9.17) is 0 Å².